The Balaban J connectivity index is 2.63. The minimum absolute atomic E-state index is 0.104. The molecule has 3 unspecified atom stereocenters. The van der Waals surface area contributed by atoms with Crippen molar-refractivity contribution in [2.24, 2.45) is 0 Å². The van der Waals surface area contributed by atoms with Crippen LogP contribution in [0, 0.1) is 0 Å². The molecule has 0 radical (unpaired) electrons. The standard InChI is InChI=1S/C8H9NO6S/c1-8(3-10)6(7(12)13)9-4(11)2-5(9)16(8,14)15/h3,5-6H,2H2,1H3,(H,12,13). The number of hydrogen-bond acceptors (Lipinski definition) is 5. The summed E-state index contributed by atoms with van der Waals surface area (Å²) < 4.78 is 21.7. The molecule has 0 spiro atoms. The molecule has 1 amide bonds. The summed E-state index contributed by atoms with van der Waals surface area (Å²) >= 11 is 0. The molecule has 0 aliphatic carbocycles. The van der Waals surface area contributed by atoms with Crippen LogP contribution in [0.15, 0.2) is 0 Å². The molecule has 7 nitrogen and oxygen atoms in total. The third-order valence-electron chi connectivity index (χ3n) is 3.21. The maximum atomic E-state index is 11.9. The zero-order valence-electron chi connectivity index (χ0n) is 8.28. The number of nitrogens with zero attached hydrogens (tertiary/aromatic N) is 1. The Morgan fingerprint density at radius 3 is 2.56 bits per heavy atom. The number of fused-ring (bicyclic) bond motifs is 1. The highest BCUT2D eigenvalue weighted by molar-refractivity contribution is 7.94. The van der Waals surface area contributed by atoms with Gasteiger partial charge >= 0.3 is 5.97 Å². The Morgan fingerprint density at radius 2 is 2.19 bits per heavy atom. The molecule has 88 valence electrons. The summed E-state index contributed by atoms with van der Waals surface area (Å²) in [6, 6.07) is -1.61. The number of amides is 1. The van der Waals surface area contributed by atoms with E-state index in [1.807, 2.05) is 0 Å². The van der Waals surface area contributed by atoms with E-state index in [1.165, 1.54) is 0 Å². The van der Waals surface area contributed by atoms with Gasteiger partial charge < -0.3 is 14.8 Å². The van der Waals surface area contributed by atoms with Crippen LogP contribution in [0.2, 0.25) is 0 Å². The first-order valence-corrected chi connectivity index (χ1v) is 6.05. The summed E-state index contributed by atoms with van der Waals surface area (Å²) in [6.45, 7) is 1.04. The quantitative estimate of drug-likeness (QED) is 0.464. The van der Waals surface area contributed by atoms with Gasteiger partial charge in [0.1, 0.15) is 11.7 Å². The number of sulfone groups is 1. The molecule has 0 saturated carbocycles. The lowest BCUT2D eigenvalue weighted by molar-refractivity contribution is -0.157. The number of rotatable bonds is 2. The van der Waals surface area contributed by atoms with Gasteiger partial charge in [-0.2, -0.15) is 0 Å². The first-order valence-electron chi connectivity index (χ1n) is 4.51. The third kappa shape index (κ3) is 0.927. The predicted molar refractivity (Wildman–Crippen MR) is 50.1 cm³/mol. The number of carboxylic acid groups (broad SMARTS) is 1. The lowest BCUT2D eigenvalue weighted by Crippen LogP contribution is -2.57. The molecular formula is C8H9NO6S. The second-order valence-electron chi connectivity index (χ2n) is 4.05. The average Bonchev–Trinajstić information content (AvgIpc) is 2.32. The molecule has 2 saturated heterocycles. The number of carboxylic acids is 1. The van der Waals surface area contributed by atoms with Crippen molar-refractivity contribution in [1.82, 2.24) is 4.90 Å². The molecule has 2 fully saturated rings. The normalized spacial score (nSPS) is 40.1. The van der Waals surface area contributed by atoms with E-state index in [9.17, 15) is 22.8 Å². The second-order valence-corrected chi connectivity index (χ2v) is 6.56. The molecule has 0 aromatic carbocycles. The molecule has 3 atom stereocenters. The fourth-order valence-electron chi connectivity index (χ4n) is 2.19. The van der Waals surface area contributed by atoms with Gasteiger partial charge in [-0.15, -0.1) is 0 Å². The topological polar surface area (TPSA) is 109 Å². The highest BCUT2D eigenvalue weighted by atomic mass is 32.2. The fourth-order valence-corrected chi connectivity index (χ4v) is 4.34. The van der Waals surface area contributed by atoms with Crippen LogP contribution < -0.4 is 0 Å². The van der Waals surface area contributed by atoms with Gasteiger partial charge in [-0.1, -0.05) is 0 Å². The van der Waals surface area contributed by atoms with Crippen LogP contribution in [0.3, 0.4) is 0 Å². The summed E-state index contributed by atoms with van der Waals surface area (Å²) in [6.07, 6.45) is -0.137. The monoisotopic (exact) mass is 247 g/mol. The van der Waals surface area contributed by atoms with Crippen molar-refractivity contribution in [3.63, 3.8) is 0 Å². The van der Waals surface area contributed by atoms with E-state index in [0.29, 0.717) is 0 Å². The zero-order valence-corrected chi connectivity index (χ0v) is 9.10. The number of carbonyl (C=O) groups is 3. The summed E-state index contributed by atoms with van der Waals surface area (Å²) in [4.78, 5) is 33.9. The Hall–Kier alpha value is -1.44. The SMILES string of the molecule is CC1(C=O)C(C(=O)O)N2C(=O)CC2S1(=O)=O. The molecule has 0 bridgehead atoms. The molecule has 2 aliphatic rings. The number of aldehydes is 1. The summed E-state index contributed by atoms with van der Waals surface area (Å²) in [5.74, 6) is -2.03. The molecule has 2 heterocycles. The second kappa shape index (κ2) is 2.82. The third-order valence-corrected chi connectivity index (χ3v) is 5.86. The Labute approximate surface area is 90.9 Å². The molecule has 2 aliphatic heterocycles. The van der Waals surface area contributed by atoms with Crippen LogP contribution in [-0.2, 0) is 24.2 Å². The molecular weight excluding hydrogens is 238 g/mol. The number of β-lactam (4-membered cyclic amide) rings is 1. The van der Waals surface area contributed by atoms with E-state index in [-0.39, 0.29) is 12.7 Å². The smallest absolute Gasteiger partial charge is 0.328 e. The van der Waals surface area contributed by atoms with Crippen LogP contribution >= 0.6 is 0 Å². The first kappa shape index (κ1) is 11.1. The average molecular weight is 247 g/mol. The largest absolute Gasteiger partial charge is 0.480 e. The van der Waals surface area contributed by atoms with Crippen molar-refractivity contribution in [3.8, 4) is 0 Å². The molecule has 0 aromatic heterocycles. The van der Waals surface area contributed by atoms with Gasteiger partial charge in [-0.3, -0.25) is 4.79 Å². The summed E-state index contributed by atoms with van der Waals surface area (Å²) in [5, 5.41) is 7.78. The van der Waals surface area contributed by atoms with Crippen molar-refractivity contribution >= 4 is 28.0 Å². The van der Waals surface area contributed by atoms with Gasteiger partial charge in [0.25, 0.3) is 0 Å². The van der Waals surface area contributed by atoms with E-state index in [2.05, 4.69) is 0 Å². The summed E-state index contributed by atoms with van der Waals surface area (Å²) in [5.41, 5.74) is 0. The maximum Gasteiger partial charge on any atom is 0.328 e. The van der Waals surface area contributed by atoms with Gasteiger partial charge in [0, 0.05) is 0 Å². The first-order chi connectivity index (χ1) is 7.27. The Kier molecular flexibility index (Phi) is 1.95. The predicted octanol–water partition coefficient (Wildman–Crippen LogP) is -1.62. The van der Waals surface area contributed by atoms with Crippen LogP contribution in [0.25, 0.3) is 0 Å². The molecule has 2 rings (SSSR count). The van der Waals surface area contributed by atoms with Crippen molar-refractivity contribution in [1.29, 1.82) is 0 Å². The van der Waals surface area contributed by atoms with Crippen LogP contribution in [0.1, 0.15) is 13.3 Å². The highest BCUT2D eigenvalue weighted by Crippen LogP contribution is 2.44. The van der Waals surface area contributed by atoms with E-state index >= 15 is 0 Å². The van der Waals surface area contributed by atoms with Gasteiger partial charge in [0.15, 0.2) is 20.6 Å². The fraction of sp³-hybridized carbons (Fsp3) is 0.625. The molecule has 8 heteroatoms. The summed E-state index contributed by atoms with van der Waals surface area (Å²) in [7, 11) is -3.95. The molecule has 0 aromatic rings. The molecule has 1 N–H and O–H groups in total. The number of aliphatic carboxylic acids is 1. The minimum atomic E-state index is -3.95. The lowest BCUT2D eigenvalue weighted by Gasteiger charge is -2.35. The maximum absolute atomic E-state index is 11.9. The lowest BCUT2D eigenvalue weighted by atomic mass is 9.98. The van der Waals surface area contributed by atoms with Crippen molar-refractivity contribution in [3.05, 3.63) is 0 Å². The minimum Gasteiger partial charge on any atom is -0.480 e. The number of carbonyl (C=O) groups excluding carboxylic acids is 2. The van der Waals surface area contributed by atoms with Gasteiger partial charge in [-0.25, -0.2) is 13.2 Å². The zero-order chi connectivity index (χ0) is 12.3. The molecule has 16 heavy (non-hydrogen) atoms. The van der Waals surface area contributed by atoms with Crippen molar-refractivity contribution in [2.45, 2.75) is 29.5 Å². The van der Waals surface area contributed by atoms with Gasteiger partial charge in [0.2, 0.25) is 5.91 Å². The van der Waals surface area contributed by atoms with Crippen molar-refractivity contribution in [2.75, 3.05) is 0 Å². The van der Waals surface area contributed by atoms with Crippen LogP contribution in [-0.4, -0.2) is 52.7 Å². The van der Waals surface area contributed by atoms with Crippen LogP contribution in [0.5, 0.6) is 0 Å². The number of hydrogen-bond donors (Lipinski definition) is 1. The van der Waals surface area contributed by atoms with E-state index in [1.54, 1.807) is 0 Å². The van der Waals surface area contributed by atoms with E-state index in [4.69, 9.17) is 5.11 Å². The van der Waals surface area contributed by atoms with Gasteiger partial charge in [0.05, 0.1) is 6.42 Å². The van der Waals surface area contributed by atoms with E-state index < -0.39 is 37.9 Å². The van der Waals surface area contributed by atoms with Crippen LogP contribution in [0.4, 0.5) is 0 Å². The Morgan fingerprint density at radius 1 is 1.62 bits per heavy atom. The van der Waals surface area contributed by atoms with Gasteiger partial charge in [-0.05, 0) is 6.92 Å². The highest BCUT2D eigenvalue weighted by Gasteiger charge is 2.70. The Bertz CT molecular complexity index is 497. The van der Waals surface area contributed by atoms with Crippen molar-refractivity contribution < 1.29 is 27.9 Å². The van der Waals surface area contributed by atoms with E-state index in [0.717, 1.165) is 11.8 Å².